The number of aryl methyl sites for hydroxylation is 1. The first-order valence-electron chi connectivity index (χ1n) is 10.7. The maximum absolute atomic E-state index is 13.2. The van der Waals surface area contributed by atoms with E-state index < -0.39 is 6.09 Å². The highest BCUT2D eigenvalue weighted by Crippen LogP contribution is 2.33. The first-order chi connectivity index (χ1) is 14.9. The van der Waals surface area contributed by atoms with E-state index in [-0.39, 0.29) is 30.1 Å². The lowest BCUT2D eigenvalue weighted by Crippen LogP contribution is -2.43. The summed E-state index contributed by atoms with van der Waals surface area (Å²) in [5, 5.41) is 14.5. The number of halogens is 1. The molecule has 0 radical (unpaired) electrons. The van der Waals surface area contributed by atoms with Gasteiger partial charge in [-0.1, -0.05) is 32.0 Å². The van der Waals surface area contributed by atoms with Gasteiger partial charge in [-0.2, -0.15) is 0 Å². The number of anilines is 1. The molecule has 1 fully saturated rings. The number of benzene rings is 2. The second-order valence-corrected chi connectivity index (χ2v) is 8.40. The van der Waals surface area contributed by atoms with Crippen LogP contribution < -0.4 is 10.2 Å². The zero-order valence-corrected chi connectivity index (χ0v) is 19.4. The van der Waals surface area contributed by atoms with Gasteiger partial charge in [0.15, 0.2) is 5.82 Å². The first-order valence-corrected chi connectivity index (χ1v) is 10.7. The standard InChI is InChI=1S/C24H28N4O3.ClH/c1-15(2)14-31-24(30)28(17-10-11-25-13-17)23-18-9-8-16(3)12-20(18)26-22(27-23)19-6-4-5-7-21(19)29;/h4-9,12,15,17,25,29H,10-11,13-14H2,1-3H3;1H. The monoisotopic (exact) mass is 456 g/mol. The molecule has 0 bridgehead atoms. The zero-order valence-electron chi connectivity index (χ0n) is 18.5. The molecule has 1 aromatic heterocycles. The molecule has 4 rings (SSSR count). The van der Waals surface area contributed by atoms with Crippen LogP contribution in [0.5, 0.6) is 5.75 Å². The molecule has 0 saturated carbocycles. The number of carbonyl (C=O) groups excluding carboxylic acids is 1. The number of carbonyl (C=O) groups is 1. The fraction of sp³-hybridized carbons (Fsp3) is 0.375. The van der Waals surface area contributed by atoms with Gasteiger partial charge in [-0.05, 0) is 55.6 Å². The van der Waals surface area contributed by atoms with Crippen LogP contribution in [0.3, 0.4) is 0 Å². The molecule has 2 aromatic carbocycles. The summed E-state index contributed by atoms with van der Waals surface area (Å²) in [6, 6.07) is 12.8. The Labute approximate surface area is 194 Å². The van der Waals surface area contributed by atoms with Crippen LogP contribution >= 0.6 is 12.4 Å². The summed E-state index contributed by atoms with van der Waals surface area (Å²) in [6.07, 6.45) is 0.395. The van der Waals surface area contributed by atoms with Crippen LogP contribution in [0.25, 0.3) is 22.3 Å². The number of amides is 1. The lowest BCUT2D eigenvalue weighted by molar-refractivity contribution is 0.138. The lowest BCUT2D eigenvalue weighted by atomic mass is 10.1. The number of rotatable bonds is 5. The Hall–Kier alpha value is -2.90. The van der Waals surface area contributed by atoms with E-state index in [1.54, 1.807) is 23.1 Å². The normalized spacial score (nSPS) is 15.6. The molecule has 1 aliphatic heterocycles. The Morgan fingerprint density at radius 3 is 2.72 bits per heavy atom. The Kier molecular flexibility index (Phi) is 7.53. The Morgan fingerprint density at radius 2 is 2.03 bits per heavy atom. The van der Waals surface area contributed by atoms with Gasteiger partial charge in [-0.25, -0.2) is 14.8 Å². The van der Waals surface area contributed by atoms with Gasteiger partial charge in [0.05, 0.1) is 23.7 Å². The van der Waals surface area contributed by atoms with Crippen molar-refractivity contribution < 1.29 is 14.6 Å². The average molecular weight is 457 g/mol. The Morgan fingerprint density at radius 1 is 1.25 bits per heavy atom. The molecule has 0 spiro atoms. The number of para-hydroxylation sites is 1. The summed E-state index contributed by atoms with van der Waals surface area (Å²) in [7, 11) is 0. The third kappa shape index (κ3) is 4.95. The van der Waals surface area contributed by atoms with Crippen molar-refractivity contribution in [1.82, 2.24) is 15.3 Å². The highest BCUT2D eigenvalue weighted by molar-refractivity contribution is 6.00. The summed E-state index contributed by atoms with van der Waals surface area (Å²) < 4.78 is 5.62. The van der Waals surface area contributed by atoms with E-state index in [2.05, 4.69) is 5.32 Å². The average Bonchev–Trinajstić information content (AvgIpc) is 3.26. The molecule has 0 aliphatic carbocycles. The minimum absolute atomic E-state index is 0. The van der Waals surface area contributed by atoms with Crippen LogP contribution in [0.15, 0.2) is 42.5 Å². The smallest absolute Gasteiger partial charge is 0.415 e. The molecular formula is C24H29ClN4O3. The van der Waals surface area contributed by atoms with Crippen molar-refractivity contribution in [2.45, 2.75) is 33.2 Å². The van der Waals surface area contributed by atoms with Gasteiger partial charge in [-0.15, -0.1) is 12.4 Å². The van der Waals surface area contributed by atoms with Crippen LogP contribution in [0, 0.1) is 12.8 Å². The summed E-state index contributed by atoms with van der Waals surface area (Å²) in [6.45, 7) is 7.84. The second kappa shape index (κ2) is 10.1. The van der Waals surface area contributed by atoms with Crippen molar-refractivity contribution >= 4 is 35.2 Å². The van der Waals surface area contributed by atoms with Crippen LogP contribution in [-0.4, -0.2) is 46.9 Å². The van der Waals surface area contributed by atoms with E-state index in [4.69, 9.17) is 14.7 Å². The predicted octanol–water partition coefficient (Wildman–Crippen LogP) is 4.69. The Bertz CT molecular complexity index is 1100. The van der Waals surface area contributed by atoms with E-state index in [1.165, 1.54) is 0 Å². The fourth-order valence-corrected chi connectivity index (χ4v) is 3.77. The maximum Gasteiger partial charge on any atom is 0.415 e. The topological polar surface area (TPSA) is 87.6 Å². The van der Waals surface area contributed by atoms with E-state index in [0.717, 1.165) is 29.4 Å². The van der Waals surface area contributed by atoms with E-state index in [1.807, 2.05) is 45.0 Å². The van der Waals surface area contributed by atoms with Crippen molar-refractivity contribution in [2.75, 3.05) is 24.6 Å². The molecule has 3 aromatic rings. The van der Waals surface area contributed by atoms with Gasteiger partial charge in [0, 0.05) is 11.9 Å². The van der Waals surface area contributed by atoms with Gasteiger partial charge in [-0.3, -0.25) is 4.90 Å². The third-order valence-electron chi connectivity index (χ3n) is 5.34. The van der Waals surface area contributed by atoms with Crippen LogP contribution in [0.1, 0.15) is 25.8 Å². The number of ether oxygens (including phenoxy) is 1. The van der Waals surface area contributed by atoms with Crippen molar-refractivity contribution in [1.29, 1.82) is 0 Å². The van der Waals surface area contributed by atoms with E-state index in [0.29, 0.717) is 30.4 Å². The number of aromatic nitrogens is 2. The molecule has 1 unspecified atom stereocenters. The van der Waals surface area contributed by atoms with Gasteiger partial charge in [0.2, 0.25) is 0 Å². The second-order valence-electron chi connectivity index (χ2n) is 8.40. The molecule has 8 heteroatoms. The number of phenols is 1. The number of fused-ring (bicyclic) bond motifs is 1. The van der Waals surface area contributed by atoms with Crippen LogP contribution in [-0.2, 0) is 4.74 Å². The molecule has 7 nitrogen and oxygen atoms in total. The lowest BCUT2D eigenvalue weighted by Gasteiger charge is -2.28. The Balaban J connectivity index is 0.00000289. The predicted molar refractivity (Wildman–Crippen MR) is 129 cm³/mol. The molecule has 32 heavy (non-hydrogen) atoms. The fourth-order valence-electron chi connectivity index (χ4n) is 3.77. The zero-order chi connectivity index (χ0) is 22.0. The third-order valence-corrected chi connectivity index (χ3v) is 5.34. The number of phenolic OH excluding ortho intramolecular Hbond substituents is 1. The largest absolute Gasteiger partial charge is 0.507 e. The summed E-state index contributed by atoms with van der Waals surface area (Å²) in [5.74, 6) is 1.20. The number of hydrogen-bond donors (Lipinski definition) is 2. The van der Waals surface area contributed by atoms with E-state index >= 15 is 0 Å². The maximum atomic E-state index is 13.2. The van der Waals surface area contributed by atoms with Crippen LogP contribution in [0.2, 0.25) is 0 Å². The molecule has 1 amide bonds. The van der Waals surface area contributed by atoms with E-state index in [9.17, 15) is 9.90 Å². The van der Waals surface area contributed by atoms with Crippen molar-refractivity contribution in [3.05, 3.63) is 48.0 Å². The van der Waals surface area contributed by atoms with Gasteiger partial charge >= 0.3 is 6.09 Å². The van der Waals surface area contributed by atoms with Gasteiger partial charge in [0.1, 0.15) is 11.6 Å². The highest BCUT2D eigenvalue weighted by atomic mass is 35.5. The molecule has 170 valence electrons. The van der Waals surface area contributed by atoms with Crippen molar-refractivity contribution in [3.8, 4) is 17.1 Å². The van der Waals surface area contributed by atoms with Crippen molar-refractivity contribution in [3.63, 3.8) is 0 Å². The summed E-state index contributed by atoms with van der Waals surface area (Å²) in [4.78, 5) is 24.4. The molecule has 1 atom stereocenters. The first kappa shape index (κ1) is 23.8. The number of nitrogens with zero attached hydrogens (tertiary/aromatic N) is 3. The van der Waals surface area contributed by atoms with Crippen LogP contribution in [0.4, 0.5) is 10.6 Å². The molecule has 1 saturated heterocycles. The SMILES string of the molecule is Cc1ccc2c(N(C(=O)OCC(C)C)C3CCNC3)nc(-c3ccccc3O)nc2c1.Cl. The molecule has 2 heterocycles. The number of nitrogens with one attached hydrogen (secondary N) is 1. The quantitative estimate of drug-likeness (QED) is 0.579. The molecule has 2 N–H and O–H groups in total. The minimum Gasteiger partial charge on any atom is -0.507 e. The molecular weight excluding hydrogens is 428 g/mol. The number of aromatic hydroxyl groups is 1. The van der Waals surface area contributed by atoms with Gasteiger partial charge in [0.25, 0.3) is 0 Å². The number of hydrogen-bond acceptors (Lipinski definition) is 6. The summed E-state index contributed by atoms with van der Waals surface area (Å²) >= 11 is 0. The van der Waals surface area contributed by atoms with Crippen molar-refractivity contribution in [2.24, 2.45) is 5.92 Å². The molecule has 1 aliphatic rings. The summed E-state index contributed by atoms with van der Waals surface area (Å²) in [5.41, 5.74) is 2.29. The minimum atomic E-state index is -0.411. The highest BCUT2D eigenvalue weighted by Gasteiger charge is 2.32. The van der Waals surface area contributed by atoms with Gasteiger partial charge < -0.3 is 15.2 Å².